The summed E-state index contributed by atoms with van der Waals surface area (Å²) in [6.45, 7) is 6.46. The molecule has 0 saturated carbocycles. The van der Waals surface area contributed by atoms with E-state index in [1.807, 2.05) is 0 Å². The third-order valence-corrected chi connectivity index (χ3v) is 7.02. The van der Waals surface area contributed by atoms with Gasteiger partial charge >= 0.3 is 0 Å². The number of thiophene rings is 1. The van der Waals surface area contributed by atoms with E-state index in [2.05, 4.69) is 27.3 Å². The van der Waals surface area contributed by atoms with Gasteiger partial charge in [0.15, 0.2) is 0 Å². The molecule has 1 amide bonds. The normalized spacial score (nSPS) is 17.0. The van der Waals surface area contributed by atoms with Gasteiger partial charge in [-0.3, -0.25) is 9.69 Å². The van der Waals surface area contributed by atoms with Crippen molar-refractivity contribution in [2.75, 3.05) is 57.8 Å². The minimum Gasteiger partial charge on any atom is -0.379 e. The molecule has 0 unspecified atom stereocenters. The van der Waals surface area contributed by atoms with Gasteiger partial charge in [-0.2, -0.15) is 10.5 Å². The summed E-state index contributed by atoms with van der Waals surface area (Å²) in [5.41, 5.74) is 1.82. The third kappa shape index (κ3) is 6.52. The van der Waals surface area contributed by atoms with Gasteiger partial charge in [-0.1, -0.05) is 6.42 Å². The van der Waals surface area contributed by atoms with E-state index in [1.165, 1.54) is 11.3 Å². The number of hydrogen-bond acceptors (Lipinski definition) is 7. The molecule has 1 fully saturated rings. The summed E-state index contributed by atoms with van der Waals surface area (Å²) in [5, 5.41) is 22.3. The van der Waals surface area contributed by atoms with Gasteiger partial charge in [0.05, 0.1) is 24.8 Å². The number of nitriles is 2. The first-order valence-electron chi connectivity index (χ1n) is 10.9. The third-order valence-electron chi connectivity index (χ3n) is 5.82. The maximum absolute atomic E-state index is 12.6. The molecular formula is C22H31N5O2S. The minimum atomic E-state index is -0.0590. The predicted octanol–water partition coefficient (Wildman–Crippen LogP) is 2.77. The second-order valence-electron chi connectivity index (χ2n) is 7.88. The Kier molecular flexibility index (Phi) is 9.10. The molecule has 3 rings (SSSR count). The predicted molar refractivity (Wildman–Crippen MR) is 117 cm³/mol. The van der Waals surface area contributed by atoms with Crippen molar-refractivity contribution in [3.8, 4) is 12.1 Å². The molecule has 1 aromatic rings. The molecule has 162 valence electrons. The van der Waals surface area contributed by atoms with E-state index in [0.717, 1.165) is 70.6 Å². The van der Waals surface area contributed by atoms with Crippen LogP contribution in [0.15, 0.2) is 0 Å². The Morgan fingerprint density at radius 3 is 2.70 bits per heavy atom. The molecule has 2 aliphatic rings. The Morgan fingerprint density at radius 1 is 1.13 bits per heavy atom. The fourth-order valence-corrected chi connectivity index (χ4v) is 5.30. The highest BCUT2D eigenvalue weighted by molar-refractivity contribution is 7.16. The van der Waals surface area contributed by atoms with Crippen molar-refractivity contribution in [1.82, 2.24) is 9.80 Å². The zero-order chi connectivity index (χ0) is 21.2. The molecule has 0 spiro atoms. The fraction of sp³-hybridized carbons (Fsp3) is 0.682. The van der Waals surface area contributed by atoms with E-state index in [0.29, 0.717) is 36.5 Å². The van der Waals surface area contributed by atoms with Crippen LogP contribution in [-0.4, -0.2) is 68.2 Å². The summed E-state index contributed by atoms with van der Waals surface area (Å²) < 4.78 is 5.39. The smallest absolute Gasteiger partial charge is 0.226 e. The second kappa shape index (κ2) is 12.0. The Morgan fingerprint density at radius 2 is 1.93 bits per heavy atom. The molecule has 1 N–H and O–H groups in total. The highest BCUT2D eigenvalue weighted by atomic mass is 32.1. The number of anilines is 1. The van der Waals surface area contributed by atoms with Crippen molar-refractivity contribution in [1.29, 1.82) is 10.5 Å². The van der Waals surface area contributed by atoms with Crippen LogP contribution in [0.5, 0.6) is 0 Å². The van der Waals surface area contributed by atoms with E-state index in [1.54, 1.807) is 11.3 Å². The first-order valence-corrected chi connectivity index (χ1v) is 11.8. The summed E-state index contributed by atoms with van der Waals surface area (Å²) in [4.78, 5) is 18.4. The monoisotopic (exact) mass is 429 g/mol. The number of carbonyl (C=O) groups excluding carboxylic acids is 1. The van der Waals surface area contributed by atoms with Crippen LogP contribution < -0.4 is 5.32 Å². The van der Waals surface area contributed by atoms with Crippen LogP contribution in [0, 0.1) is 22.7 Å². The second-order valence-corrected chi connectivity index (χ2v) is 8.99. The van der Waals surface area contributed by atoms with Crippen LogP contribution in [0.3, 0.4) is 0 Å². The van der Waals surface area contributed by atoms with E-state index >= 15 is 0 Å². The molecule has 1 saturated heterocycles. The number of nitrogens with zero attached hydrogens (tertiary/aromatic N) is 4. The van der Waals surface area contributed by atoms with Crippen molar-refractivity contribution in [3.05, 3.63) is 16.0 Å². The van der Waals surface area contributed by atoms with E-state index in [4.69, 9.17) is 10.00 Å². The molecule has 30 heavy (non-hydrogen) atoms. The summed E-state index contributed by atoms with van der Waals surface area (Å²) in [5.74, 6) is -0.0590. The molecule has 1 aromatic heterocycles. The Bertz CT molecular complexity index is 789. The van der Waals surface area contributed by atoms with Crippen LogP contribution in [0.2, 0.25) is 0 Å². The van der Waals surface area contributed by atoms with Crippen molar-refractivity contribution in [2.45, 2.75) is 44.9 Å². The van der Waals surface area contributed by atoms with Crippen molar-refractivity contribution in [3.63, 3.8) is 0 Å². The number of ether oxygens (including phenoxy) is 1. The summed E-state index contributed by atoms with van der Waals surface area (Å²) in [7, 11) is 0. The number of fused-ring (bicyclic) bond motifs is 1. The molecule has 7 nitrogen and oxygen atoms in total. The number of nitrogens with one attached hydrogen (secondary N) is 1. The van der Waals surface area contributed by atoms with E-state index < -0.39 is 0 Å². The number of carbonyl (C=O) groups is 1. The lowest BCUT2D eigenvalue weighted by atomic mass is 10.1. The Labute approximate surface area is 183 Å². The molecule has 0 atom stereocenters. The number of hydrogen-bond donors (Lipinski definition) is 1. The first-order chi connectivity index (χ1) is 14.7. The molecule has 0 aromatic carbocycles. The number of rotatable bonds is 9. The van der Waals surface area contributed by atoms with Crippen LogP contribution in [0.1, 0.15) is 48.1 Å². The lowest BCUT2D eigenvalue weighted by molar-refractivity contribution is -0.116. The highest BCUT2D eigenvalue weighted by Gasteiger charge is 2.21. The van der Waals surface area contributed by atoms with Gasteiger partial charge in [-0.05, 0) is 31.2 Å². The lowest BCUT2D eigenvalue weighted by Gasteiger charge is -2.29. The number of amides is 1. The van der Waals surface area contributed by atoms with E-state index in [-0.39, 0.29) is 5.91 Å². The first kappa shape index (κ1) is 22.7. The average molecular weight is 430 g/mol. The fourth-order valence-electron chi connectivity index (χ4n) is 4.05. The molecule has 2 heterocycles. The average Bonchev–Trinajstić information content (AvgIpc) is 2.92. The van der Waals surface area contributed by atoms with Gasteiger partial charge in [-0.25, -0.2) is 0 Å². The van der Waals surface area contributed by atoms with Gasteiger partial charge in [0.2, 0.25) is 5.91 Å². The summed E-state index contributed by atoms with van der Waals surface area (Å²) in [6.07, 6.45) is 6.24. The van der Waals surface area contributed by atoms with Crippen LogP contribution in [-0.2, 0) is 22.4 Å². The van der Waals surface area contributed by atoms with E-state index in [9.17, 15) is 10.1 Å². The van der Waals surface area contributed by atoms with Crippen molar-refractivity contribution in [2.24, 2.45) is 0 Å². The zero-order valence-electron chi connectivity index (χ0n) is 17.6. The molecule has 0 radical (unpaired) electrons. The SMILES string of the molecule is N#CCCN(CCC(=O)Nc1sc2c(c1C#N)CCCCC2)CCN1CCOCC1. The largest absolute Gasteiger partial charge is 0.379 e. The Balaban J connectivity index is 1.52. The van der Waals surface area contributed by atoms with Crippen LogP contribution in [0.25, 0.3) is 0 Å². The topological polar surface area (TPSA) is 92.4 Å². The minimum absolute atomic E-state index is 0.0590. The summed E-state index contributed by atoms with van der Waals surface area (Å²) in [6, 6.07) is 4.52. The van der Waals surface area contributed by atoms with Crippen molar-refractivity contribution >= 4 is 22.2 Å². The van der Waals surface area contributed by atoms with Gasteiger partial charge < -0.3 is 15.0 Å². The number of aryl methyl sites for hydroxylation is 1. The van der Waals surface area contributed by atoms with Crippen molar-refractivity contribution < 1.29 is 9.53 Å². The molecule has 1 aliphatic heterocycles. The molecular weight excluding hydrogens is 398 g/mol. The van der Waals surface area contributed by atoms with Crippen LogP contribution >= 0.6 is 11.3 Å². The maximum atomic E-state index is 12.6. The summed E-state index contributed by atoms with van der Waals surface area (Å²) >= 11 is 1.58. The standard InChI is InChI=1S/C22H31N5O2S/c23-8-4-9-26(11-12-27-13-15-29-16-14-27)10-7-21(28)25-22-19(17-24)18-5-2-1-3-6-20(18)30-22/h1-7,9-16H2,(H,25,28). The highest BCUT2D eigenvalue weighted by Crippen LogP contribution is 2.37. The van der Waals surface area contributed by atoms with Gasteiger partial charge in [0.25, 0.3) is 0 Å². The van der Waals surface area contributed by atoms with Gasteiger partial charge in [-0.15, -0.1) is 11.3 Å². The lowest BCUT2D eigenvalue weighted by Crippen LogP contribution is -2.42. The molecule has 0 bridgehead atoms. The molecule has 1 aliphatic carbocycles. The maximum Gasteiger partial charge on any atom is 0.226 e. The van der Waals surface area contributed by atoms with Gasteiger partial charge in [0.1, 0.15) is 11.1 Å². The quantitative estimate of drug-likeness (QED) is 0.607. The molecule has 8 heteroatoms. The van der Waals surface area contributed by atoms with Crippen LogP contribution in [0.4, 0.5) is 5.00 Å². The Hall–Kier alpha value is -1.97. The van der Waals surface area contributed by atoms with Gasteiger partial charge in [0, 0.05) is 57.0 Å². The number of morpholine rings is 1. The zero-order valence-corrected chi connectivity index (χ0v) is 18.4.